The van der Waals surface area contributed by atoms with Crippen molar-refractivity contribution in [2.45, 2.75) is 6.42 Å². The lowest BCUT2D eigenvalue weighted by molar-refractivity contribution is -0.241. The van der Waals surface area contributed by atoms with Gasteiger partial charge in [-0.1, -0.05) is 0 Å². The number of rotatable bonds is 4. The van der Waals surface area contributed by atoms with E-state index >= 15 is 0 Å². The van der Waals surface area contributed by atoms with Gasteiger partial charge in [-0.05, 0) is 6.42 Å². The fourth-order valence-electron chi connectivity index (χ4n) is 0.306. The highest BCUT2D eigenvalue weighted by Gasteiger charge is 1.97. The van der Waals surface area contributed by atoms with Gasteiger partial charge in [-0.2, -0.15) is 0 Å². The molecule has 0 aliphatic heterocycles. The van der Waals surface area contributed by atoms with Crippen molar-refractivity contribution in [2.24, 2.45) is 0 Å². The van der Waals surface area contributed by atoms with Gasteiger partial charge in [0.25, 0.3) is 0 Å². The van der Waals surface area contributed by atoms with E-state index in [9.17, 15) is 4.21 Å². The van der Waals surface area contributed by atoms with Gasteiger partial charge >= 0.3 is 0 Å². The quantitative estimate of drug-likeness (QED) is 0.357. The van der Waals surface area contributed by atoms with Crippen LogP contribution in [0.1, 0.15) is 6.42 Å². The van der Waals surface area contributed by atoms with E-state index in [0.29, 0.717) is 6.42 Å². The number of hydrogen-bond donors (Lipinski definition) is 2. The minimum absolute atomic E-state index is 0.0110. The molecule has 9 heavy (non-hydrogen) atoms. The van der Waals surface area contributed by atoms with E-state index in [1.54, 1.807) is 0 Å². The first-order chi connectivity index (χ1) is 4.06. The fourth-order valence-corrected chi connectivity index (χ4v) is 1.14. The predicted octanol–water partition coefficient (Wildman–Crippen LogP) is 0.0854. The summed E-state index contributed by atoms with van der Waals surface area (Å²) in [6, 6.07) is 0. The Hall–Kier alpha value is 0.250. The molecule has 6 heteroatoms. The standard InChI is InChI=1S/C3H8O4S2/c4-7-2-1-3-9(5,6)8/h4H,1-3H2,(H,5,6,8). The summed E-state index contributed by atoms with van der Waals surface area (Å²) >= 11 is 4.14. The fraction of sp³-hybridized carbons (Fsp3) is 1.00. The van der Waals surface area contributed by atoms with Crippen molar-refractivity contribution < 1.29 is 18.9 Å². The van der Waals surface area contributed by atoms with Crippen LogP contribution >= 0.6 is 0 Å². The highest BCUT2D eigenvalue weighted by Crippen LogP contribution is 1.88. The third-order valence-corrected chi connectivity index (χ3v) is 1.94. The topological polar surface area (TPSA) is 66.8 Å². The largest absolute Gasteiger partial charge is 0.306 e. The molecule has 0 heterocycles. The van der Waals surface area contributed by atoms with Crippen molar-refractivity contribution in [2.75, 3.05) is 12.4 Å². The van der Waals surface area contributed by atoms with E-state index in [1.165, 1.54) is 0 Å². The van der Waals surface area contributed by atoms with E-state index in [4.69, 9.17) is 9.81 Å². The van der Waals surface area contributed by atoms with Crippen LogP contribution in [0.15, 0.2) is 0 Å². The third-order valence-electron chi connectivity index (χ3n) is 0.638. The van der Waals surface area contributed by atoms with Crippen molar-refractivity contribution in [1.82, 2.24) is 0 Å². The first kappa shape index (κ1) is 9.25. The van der Waals surface area contributed by atoms with E-state index in [0.717, 1.165) is 0 Å². The Bertz CT molecular complexity index is 149. The molecule has 0 bridgehead atoms. The Kier molecular flexibility index (Phi) is 4.24. The summed E-state index contributed by atoms with van der Waals surface area (Å²) in [5, 5.41) is 7.75. The van der Waals surface area contributed by atoms with Gasteiger partial charge in [0.1, 0.15) is 8.77 Å². The van der Waals surface area contributed by atoms with Gasteiger partial charge in [-0.3, -0.25) is 5.26 Å². The van der Waals surface area contributed by atoms with E-state index in [1.807, 2.05) is 0 Å². The van der Waals surface area contributed by atoms with Gasteiger partial charge in [0, 0.05) is 11.2 Å². The SMILES string of the molecule is O=S(O)(=S)CCCOO. The lowest BCUT2D eigenvalue weighted by Crippen LogP contribution is -2.04. The molecule has 1 atom stereocenters. The van der Waals surface area contributed by atoms with Crippen LogP contribution in [-0.4, -0.2) is 26.4 Å². The molecule has 4 nitrogen and oxygen atoms in total. The van der Waals surface area contributed by atoms with E-state index in [-0.39, 0.29) is 12.4 Å². The summed E-state index contributed by atoms with van der Waals surface area (Å²) < 4.78 is 18.7. The molecule has 2 N–H and O–H groups in total. The summed E-state index contributed by atoms with van der Waals surface area (Å²) in [7, 11) is -3.05. The highest BCUT2D eigenvalue weighted by molar-refractivity contribution is 8.29. The Morgan fingerprint density at radius 1 is 1.67 bits per heavy atom. The van der Waals surface area contributed by atoms with Crippen molar-refractivity contribution in [1.29, 1.82) is 0 Å². The number of hydrogen-bond acceptors (Lipinski definition) is 4. The zero-order chi connectivity index (χ0) is 7.33. The molecule has 0 spiro atoms. The van der Waals surface area contributed by atoms with Crippen LogP contribution in [0.2, 0.25) is 0 Å². The maximum atomic E-state index is 10.3. The maximum absolute atomic E-state index is 10.3. The Labute approximate surface area is 58.3 Å². The van der Waals surface area contributed by atoms with Gasteiger partial charge in [0.15, 0.2) is 0 Å². The molecule has 0 fully saturated rings. The Morgan fingerprint density at radius 2 is 2.22 bits per heavy atom. The second-order valence-electron chi connectivity index (χ2n) is 1.47. The zero-order valence-corrected chi connectivity index (χ0v) is 6.28. The molecule has 0 aliphatic rings. The first-order valence-electron chi connectivity index (χ1n) is 2.28. The maximum Gasteiger partial charge on any atom is 0.141 e. The van der Waals surface area contributed by atoms with Crippen LogP contribution in [0.4, 0.5) is 0 Å². The van der Waals surface area contributed by atoms with Crippen molar-refractivity contribution in [3.63, 3.8) is 0 Å². The molecule has 0 aromatic rings. The molecule has 0 saturated heterocycles. The van der Waals surface area contributed by atoms with Crippen LogP contribution in [-0.2, 0) is 24.8 Å². The zero-order valence-electron chi connectivity index (χ0n) is 4.65. The summed E-state index contributed by atoms with van der Waals surface area (Å²) in [5.41, 5.74) is 0. The molecule has 0 aliphatic carbocycles. The van der Waals surface area contributed by atoms with Crippen LogP contribution in [0.5, 0.6) is 0 Å². The average molecular weight is 172 g/mol. The smallest absolute Gasteiger partial charge is 0.141 e. The summed E-state index contributed by atoms with van der Waals surface area (Å²) in [5.74, 6) is -0.0110. The highest BCUT2D eigenvalue weighted by atomic mass is 32.8. The molecular formula is C3H8O4S2. The van der Waals surface area contributed by atoms with Gasteiger partial charge in [0.05, 0.1) is 12.4 Å². The molecule has 0 aromatic carbocycles. The molecule has 0 rings (SSSR count). The summed E-state index contributed by atoms with van der Waals surface area (Å²) in [6.07, 6.45) is 0.301. The minimum Gasteiger partial charge on any atom is -0.306 e. The molecule has 0 aromatic heterocycles. The summed E-state index contributed by atoms with van der Waals surface area (Å²) in [4.78, 5) is 3.65. The molecule has 1 unspecified atom stereocenters. The molecular weight excluding hydrogens is 164 g/mol. The monoisotopic (exact) mass is 172 g/mol. The van der Waals surface area contributed by atoms with Crippen LogP contribution in [0, 0.1) is 0 Å². The Balaban J connectivity index is 3.30. The van der Waals surface area contributed by atoms with Crippen LogP contribution in [0.3, 0.4) is 0 Å². The van der Waals surface area contributed by atoms with Crippen molar-refractivity contribution in [3.05, 3.63) is 0 Å². The normalized spacial score (nSPS) is 17.1. The van der Waals surface area contributed by atoms with Crippen molar-refractivity contribution in [3.8, 4) is 0 Å². The van der Waals surface area contributed by atoms with Crippen LogP contribution in [0.25, 0.3) is 0 Å². The third kappa shape index (κ3) is 8.25. The van der Waals surface area contributed by atoms with E-state index < -0.39 is 8.77 Å². The van der Waals surface area contributed by atoms with Gasteiger partial charge < -0.3 is 4.55 Å². The van der Waals surface area contributed by atoms with Gasteiger partial charge in [-0.15, -0.1) is 0 Å². The minimum atomic E-state index is -3.05. The van der Waals surface area contributed by atoms with Gasteiger partial charge in [-0.25, -0.2) is 9.10 Å². The molecule has 56 valence electrons. The van der Waals surface area contributed by atoms with Crippen LogP contribution < -0.4 is 0 Å². The van der Waals surface area contributed by atoms with E-state index in [2.05, 4.69) is 16.1 Å². The first-order valence-corrected chi connectivity index (χ1v) is 4.88. The lowest BCUT2D eigenvalue weighted by atomic mass is 10.5. The lowest BCUT2D eigenvalue weighted by Gasteiger charge is -1.95. The molecule has 0 radical (unpaired) electrons. The second kappa shape index (κ2) is 4.13. The Morgan fingerprint density at radius 3 is 2.56 bits per heavy atom. The average Bonchev–Trinajstić information content (AvgIpc) is 1.63. The van der Waals surface area contributed by atoms with Gasteiger partial charge in [0.2, 0.25) is 0 Å². The molecule has 0 amide bonds. The molecule has 0 saturated carbocycles. The summed E-state index contributed by atoms with van der Waals surface area (Å²) in [6.45, 7) is 0.0498. The predicted molar refractivity (Wildman–Crippen MR) is 36.2 cm³/mol. The van der Waals surface area contributed by atoms with Crippen molar-refractivity contribution >= 4 is 20.0 Å². The second-order valence-corrected chi connectivity index (χ2v) is 4.61.